The maximum Gasteiger partial charge on any atom is 0.115 e. The first-order chi connectivity index (χ1) is 20.7. The van der Waals surface area contributed by atoms with Gasteiger partial charge in [0.05, 0.1) is 0 Å². The minimum absolute atomic E-state index is 0.129. The van der Waals surface area contributed by atoms with Crippen LogP contribution in [0.25, 0.3) is 0 Å². The van der Waals surface area contributed by atoms with Gasteiger partial charge in [-0.1, -0.05) is 62.4 Å². The molecule has 0 saturated heterocycles. The Morgan fingerprint density at radius 1 is 0.395 bits per heavy atom. The lowest BCUT2D eigenvalue weighted by molar-refractivity contribution is 0.0391. The number of hydrogen-bond donors (Lipinski definition) is 4. The van der Waals surface area contributed by atoms with E-state index in [0.29, 0.717) is 58.5 Å². The first kappa shape index (κ1) is 29.2. The molecule has 6 unspecified atom stereocenters. The van der Waals surface area contributed by atoms with Crippen LogP contribution in [0.2, 0.25) is 0 Å². The molecule has 2 fully saturated rings. The highest BCUT2D eigenvalue weighted by atomic mass is 16.3. The highest BCUT2D eigenvalue weighted by molar-refractivity contribution is 5.37. The molecule has 4 N–H and O–H groups in total. The molecule has 224 valence electrons. The Kier molecular flexibility index (Phi) is 8.13. The van der Waals surface area contributed by atoms with E-state index in [-0.39, 0.29) is 5.41 Å². The summed E-state index contributed by atoms with van der Waals surface area (Å²) in [7, 11) is 0. The molecule has 0 aromatic heterocycles. The molecule has 2 saturated carbocycles. The van der Waals surface area contributed by atoms with Crippen molar-refractivity contribution in [3.05, 3.63) is 119 Å². The maximum atomic E-state index is 10.0. The van der Waals surface area contributed by atoms with Crippen LogP contribution < -0.4 is 0 Å². The van der Waals surface area contributed by atoms with Crippen LogP contribution in [0.3, 0.4) is 0 Å². The van der Waals surface area contributed by atoms with Crippen LogP contribution >= 0.6 is 0 Å². The number of rotatable bonds is 6. The molecule has 0 radical (unpaired) electrons. The van der Waals surface area contributed by atoms with Crippen molar-refractivity contribution in [1.82, 2.24) is 0 Å². The largest absolute Gasteiger partial charge is 0.508 e. The van der Waals surface area contributed by atoms with E-state index in [2.05, 4.69) is 62.4 Å². The van der Waals surface area contributed by atoms with Gasteiger partial charge < -0.3 is 20.4 Å². The van der Waals surface area contributed by atoms with Gasteiger partial charge in [0.1, 0.15) is 23.0 Å². The zero-order valence-corrected chi connectivity index (χ0v) is 25.2. The van der Waals surface area contributed by atoms with Gasteiger partial charge in [-0.25, -0.2) is 0 Å². The van der Waals surface area contributed by atoms with Crippen molar-refractivity contribution >= 4 is 0 Å². The SMILES string of the molecule is CC(C)(C1CCC(c2ccc(O)cc2)C(c2ccc(O)cc2)C1)C1CCC(c2ccc(O)cc2)C(c2ccc(O)cc2)C1. The Labute approximate surface area is 255 Å². The topological polar surface area (TPSA) is 80.9 Å². The highest BCUT2D eigenvalue weighted by Gasteiger charge is 2.46. The third-order valence-electron chi connectivity index (χ3n) is 11.1. The Morgan fingerprint density at radius 2 is 0.651 bits per heavy atom. The Hall–Kier alpha value is -3.92. The van der Waals surface area contributed by atoms with Crippen LogP contribution in [0.15, 0.2) is 97.1 Å². The molecule has 4 aromatic carbocycles. The van der Waals surface area contributed by atoms with Gasteiger partial charge in [-0.05, 0) is 150 Å². The number of hydrogen-bond acceptors (Lipinski definition) is 4. The predicted octanol–water partition coefficient (Wildman–Crippen LogP) is 9.57. The van der Waals surface area contributed by atoms with Crippen molar-refractivity contribution in [2.24, 2.45) is 17.3 Å². The standard InChI is InChI=1S/C39H44O4/c1-39(2,29-11-21-35(25-3-13-31(40)14-4-25)37(23-29)27-7-17-33(42)18-8-27)30-12-22-36(26-5-15-32(41)16-6-26)38(24-30)28-9-19-34(43)20-10-28/h3-10,13-20,29-30,35-38,40-43H,11-12,21-24H2,1-2H3. The van der Waals surface area contributed by atoms with Crippen LogP contribution in [0.4, 0.5) is 0 Å². The van der Waals surface area contributed by atoms with E-state index in [1.807, 2.05) is 24.3 Å². The van der Waals surface area contributed by atoms with Gasteiger partial charge in [0, 0.05) is 0 Å². The summed E-state index contributed by atoms with van der Waals surface area (Å²) < 4.78 is 0. The second kappa shape index (κ2) is 12.0. The maximum absolute atomic E-state index is 10.0. The van der Waals surface area contributed by atoms with Gasteiger partial charge in [0.25, 0.3) is 0 Å². The second-order valence-corrected chi connectivity index (χ2v) is 13.6. The third kappa shape index (κ3) is 6.11. The molecule has 0 aliphatic heterocycles. The molecule has 43 heavy (non-hydrogen) atoms. The van der Waals surface area contributed by atoms with E-state index in [1.54, 1.807) is 24.3 Å². The Bertz CT molecular complexity index is 1370. The second-order valence-electron chi connectivity index (χ2n) is 13.6. The first-order valence-corrected chi connectivity index (χ1v) is 15.8. The summed E-state index contributed by atoms with van der Waals surface area (Å²) in [4.78, 5) is 0. The Balaban J connectivity index is 1.28. The van der Waals surface area contributed by atoms with Crippen molar-refractivity contribution in [2.45, 2.75) is 76.0 Å². The highest BCUT2D eigenvalue weighted by Crippen LogP contribution is 2.58. The molecule has 6 rings (SSSR count). The van der Waals surface area contributed by atoms with Crippen LogP contribution in [0, 0.1) is 17.3 Å². The van der Waals surface area contributed by atoms with Crippen molar-refractivity contribution in [3.63, 3.8) is 0 Å². The molecular weight excluding hydrogens is 532 g/mol. The van der Waals surface area contributed by atoms with Crippen LogP contribution in [0.5, 0.6) is 23.0 Å². The minimum Gasteiger partial charge on any atom is -0.508 e. The van der Waals surface area contributed by atoms with Gasteiger partial charge in [-0.2, -0.15) is 0 Å². The molecule has 0 bridgehead atoms. The van der Waals surface area contributed by atoms with Gasteiger partial charge >= 0.3 is 0 Å². The molecule has 0 heterocycles. The molecule has 4 nitrogen and oxygen atoms in total. The Morgan fingerprint density at radius 3 is 0.930 bits per heavy atom. The quantitative estimate of drug-likeness (QED) is 0.184. The zero-order chi connectivity index (χ0) is 30.1. The van der Waals surface area contributed by atoms with E-state index in [0.717, 1.165) is 38.5 Å². The summed E-state index contributed by atoms with van der Waals surface area (Å²) in [6, 6.07) is 31.1. The van der Waals surface area contributed by atoms with Crippen molar-refractivity contribution in [1.29, 1.82) is 0 Å². The first-order valence-electron chi connectivity index (χ1n) is 15.8. The van der Waals surface area contributed by atoms with Crippen molar-refractivity contribution in [2.75, 3.05) is 0 Å². The molecule has 2 aliphatic carbocycles. The summed E-state index contributed by atoms with van der Waals surface area (Å²) >= 11 is 0. The summed E-state index contributed by atoms with van der Waals surface area (Å²) in [5.41, 5.74) is 5.22. The molecular formula is C39H44O4. The van der Waals surface area contributed by atoms with Gasteiger partial charge in [-0.3, -0.25) is 0 Å². The molecule has 0 amide bonds. The van der Waals surface area contributed by atoms with Crippen LogP contribution in [0.1, 0.15) is 98.3 Å². The summed E-state index contributed by atoms with van der Waals surface area (Å²) in [5.74, 6) is 3.70. The van der Waals surface area contributed by atoms with E-state index < -0.39 is 0 Å². The molecule has 2 aliphatic rings. The average Bonchev–Trinajstić information content (AvgIpc) is 3.02. The number of benzene rings is 4. The van der Waals surface area contributed by atoms with Crippen molar-refractivity contribution in [3.8, 4) is 23.0 Å². The molecule has 0 spiro atoms. The normalized spacial score (nSPS) is 26.2. The fourth-order valence-corrected chi connectivity index (χ4v) is 8.45. The van der Waals surface area contributed by atoms with E-state index in [9.17, 15) is 20.4 Å². The summed E-state index contributed by atoms with van der Waals surface area (Å²) in [5, 5.41) is 39.9. The molecule has 4 aromatic rings. The summed E-state index contributed by atoms with van der Waals surface area (Å²) in [6.45, 7) is 4.98. The van der Waals surface area contributed by atoms with Gasteiger partial charge in [0.15, 0.2) is 0 Å². The average molecular weight is 577 g/mol. The fourth-order valence-electron chi connectivity index (χ4n) is 8.45. The smallest absolute Gasteiger partial charge is 0.115 e. The number of aromatic hydroxyl groups is 4. The lowest BCUT2D eigenvalue weighted by atomic mass is 9.54. The molecule has 6 atom stereocenters. The van der Waals surface area contributed by atoms with Gasteiger partial charge in [0.2, 0.25) is 0 Å². The lowest BCUT2D eigenvalue weighted by Crippen LogP contribution is -2.40. The van der Waals surface area contributed by atoms with E-state index in [1.165, 1.54) is 22.3 Å². The van der Waals surface area contributed by atoms with E-state index >= 15 is 0 Å². The third-order valence-corrected chi connectivity index (χ3v) is 11.1. The summed E-state index contributed by atoms with van der Waals surface area (Å²) in [6.07, 6.45) is 6.68. The predicted molar refractivity (Wildman–Crippen MR) is 172 cm³/mol. The van der Waals surface area contributed by atoms with Crippen LogP contribution in [-0.4, -0.2) is 20.4 Å². The monoisotopic (exact) mass is 576 g/mol. The number of phenols is 4. The van der Waals surface area contributed by atoms with Crippen molar-refractivity contribution < 1.29 is 20.4 Å². The molecule has 4 heteroatoms. The number of phenolic OH excluding ortho intramolecular Hbond substituents is 4. The lowest BCUT2D eigenvalue weighted by Gasteiger charge is -2.50. The van der Waals surface area contributed by atoms with Crippen LogP contribution in [-0.2, 0) is 0 Å². The van der Waals surface area contributed by atoms with E-state index in [4.69, 9.17) is 0 Å². The fraction of sp³-hybridized carbons (Fsp3) is 0.385. The zero-order valence-electron chi connectivity index (χ0n) is 25.2. The van der Waals surface area contributed by atoms with Gasteiger partial charge in [-0.15, -0.1) is 0 Å². The minimum atomic E-state index is 0.129.